The molecule has 0 saturated carbocycles. The van der Waals surface area contributed by atoms with Crippen LogP contribution in [-0.4, -0.2) is 14.1 Å². The second-order valence-corrected chi connectivity index (χ2v) is 14.6. The van der Waals surface area contributed by atoms with Crippen LogP contribution in [0, 0.1) is 0 Å². The molecule has 3 heteroatoms. The maximum Gasteiger partial charge on any atom is 0.0541 e. The minimum absolute atomic E-state index is 0.0637. The highest BCUT2D eigenvalue weighted by Crippen LogP contribution is 2.39. The van der Waals surface area contributed by atoms with Gasteiger partial charge in [0.1, 0.15) is 0 Å². The first-order valence-corrected chi connectivity index (χ1v) is 16.2. The van der Waals surface area contributed by atoms with Crippen LogP contribution in [0.5, 0.6) is 0 Å². The fourth-order valence-corrected chi connectivity index (χ4v) is 6.99. The second kappa shape index (κ2) is 10.2. The monoisotopic (exact) mass is 597 g/mol. The molecule has 46 heavy (non-hydrogen) atoms. The van der Waals surface area contributed by atoms with Gasteiger partial charge in [-0.25, -0.2) is 0 Å². The summed E-state index contributed by atoms with van der Waals surface area (Å²) in [5.74, 6) is 0. The smallest absolute Gasteiger partial charge is 0.0541 e. The van der Waals surface area contributed by atoms with Crippen LogP contribution < -0.4 is 0 Å². The van der Waals surface area contributed by atoms with Crippen molar-refractivity contribution in [3.05, 3.63) is 139 Å². The van der Waals surface area contributed by atoms with Gasteiger partial charge in [0.15, 0.2) is 0 Å². The summed E-state index contributed by atoms with van der Waals surface area (Å²) >= 11 is 0. The zero-order chi connectivity index (χ0) is 31.8. The average Bonchev–Trinajstić information content (AvgIpc) is 3.56. The lowest BCUT2D eigenvalue weighted by atomic mass is 9.86. The first-order valence-electron chi connectivity index (χ1n) is 16.2. The van der Waals surface area contributed by atoms with Gasteiger partial charge >= 0.3 is 0 Å². The number of nitrogens with zero attached hydrogens (tertiary/aromatic N) is 3. The molecule has 0 N–H and O–H groups in total. The molecule has 0 saturated heterocycles. The van der Waals surface area contributed by atoms with Gasteiger partial charge in [-0.3, -0.25) is 4.98 Å². The number of pyridine rings is 1. The van der Waals surface area contributed by atoms with Crippen LogP contribution in [0.25, 0.3) is 66.1 Å². The minimum Gasteiger partial charge on any atom is -0.309 e. The van der Waals surface area contributed by atoms with Crippen LogP contribution in [0.15, 0.2) is 128 Å². The lowest BCUT2D eigenvalue weighted by Gasteiger charge is -2.20. The van der Waals surface area contributed by atoms with E-state index in [1.54, 1.807) is 0 Å². The molecular formula is C43H39N3. The Morgan fingerprint density at radius 3 is 1.37 bits per heavy atom. The molecule has 0 radical (unpaired) electrons. The van der Waals surface area contributed by atoms with Crippen molar-refractivity contribution in [1.82, 2.24) is 14.1 Å². The highest BCUT2D eigenvalue weighted by Gasteiger charge is 2.21. The molecule has 0 aliphatic carbocycles. The maximum atomic E-state index is 4.50. The van der Waals surface area contributed by atoms with Crippen molar-refractivity contribution < 1.29 is 0 Å². The van der Waals surface area contributed by atoms with Crippen molar-refractivity contribution >= 4 is 43.6 Å². The van der Waals surface area contributed by atoms with Crippen molar-refractivity contribution in [2.45, 2.75) is 52.4 Å². The quantitative estimate of drug-likeness (QED) is 0.199. The maximum absolute atomic E-state index is 4.50. The Bertz CT molecular complexity index is 2280. The predicted molar refractivity (Wildman–Crippen MR) is 196 cm³/mol. The summed E-state index contributed by atoms with van der Waals surface area (Å²) in [5, 5.41) is 5.10. The van der Waals surface area contributed by atoms with E-state index >= 15 is 0 Å². The van der Waals surface area contributed by atoms with Crippen molar-refractivity contribution in [2.75, 3.05) is 0 Å². The van der Waals surface area contributed by atoms with E-state index in [4.69, 9.17) is 0 Å². The lowest BCUT2D eigenvalue weighted by Crippen LogP contribution is -2.10. The van der Waals surface area contributed by atoms with Gasteiger partial charge in [0, 0.05) is 50.9 Å². The van der Waals surface area contributed by atoms with E-state index < -0.39 is 0 Å². The van der Waals surface area contributed by atoms with Gasteiger partial charge in [-0.2, -0.15) is 0 Å². The Balaban J connectivity index is 1.46. The molecule has 0 aliphatic rings. The van der Waals surface area contributed by atoms with Gasteiger partial charge in [-0.15, -0.1) is 0 Å². The number of rotatable bonds is 3. The van der Waals surface area contributed by atoms with Crippen molar-refractivity contribution in [3.63, 3.8) is 0 Å². The van der Waals surface area contributed by atoms with Crippen LogP contribution in [0.2, 0.25) is 0 Å². The molecular weight excluding hydrogens is 558 g/mol. The third-order valence-corrected chi connectivity index (χ3v) is 9.49. The largest absolute Gasteiger partial charge is 0.309 e. The SMILES string of the molecule is CC(C)(C)c1ccc2c(c1)c1ccccc1n2-c1cc(-c2cccnc2)cc(-n2c3ccccc3c3cc(C(C)(C)C)ccc32)c1. The summed E-state index contributed by atoms with van der Waals surface area (Å²) in [6.07, 6.45) is 3.81. The molecule has 0 fully saturated rings. The van der Waals surface area contributed by atoms with E-state index in [2.05, 4.69) is 165 Å². The van der Waals surface area contributed by atoms with Crippen LogP contribution in [0.1, 0.15) is 52.7 Å². The van der Waals surface area contributed by atoms with Gasteiger partial charge in [-0.1, -0.05) is 96.1 Å². The Morgan fingerprint density at radius 2 is 0.913 bits per heavy atom. The third kappa shape index (κ3) is 4.53. The summed E-state index contributed by atoms with van der Waals surface area (Å²) in [6, 6.07) is 42.7. The second-order valence-electron chi connectivity index (χ2n) is 14.6. The fourth-order valence-electron chi connectivity index (χ4n) is 6.99. The Morgan fingerprint density at radius 1 is 0.435 bits per heavy atom. The molecule has 8 aromatic rings. The van der Waals surface area contributed by atoms with Crippen molar-refractivity contribution in [1.29, 1.82) is 0 Å². The molecule has 3 nitrogen and oxygen atoms in total. The number of fused-ring (bicyclic) bond motifs is 6. The molecule has 3 aromatic heterocycles. The molecule has 0 spiro atoms. The predicted octanol–water partition coefficient (Wildman–Crippen LogP) is 11.5. The van der Waals surface area contributed by atoms with Crippen LogP contribution in [-0.2, 0) is 10.8 Å². The Labute approximate surface area is 270 Å². The Kier molecular flexibility index (Phi) is 6.27. The van der Waals surface area contributed by atoms with Crippen LogP contribution >= 0.6 is 0 Å². The molecule has 0 bridgehead atoms. The topological polar surface area (TPSA) is 22.8 Å². The molecule has 3 heterocycles. The summed E-state index contributed by atoms with van der Waals surface area (Å²) < 4.78 is 4.87. The highest BCUT2D eigenvalue weighted by molar-refractivity contribution is 6.11. The van der Waals surface area contributed by atoms with Gasteiger partial charge in [-0.05, 0) is 88.2 Å². The van der Waals surface area contributed by atoms with E-state index in [1.807, 2.05) is 18.5 Å². The van der Waals surface area contributed by atoms with Crippen molar-refractivity contribution in [3.8, 4) is 22.5 Å². The summed E-state index contributed by atoms with van der Waals surface area (Å²) in [4.78, 5) is 4.50. The zero-order valence-corrected chi connectivity index (χ0v) is 27.5. The first-order chi connectivity index (χ1) is 22.1. The molecule has 5 aromatic carbocycles. The average molecular weight is 598 g/mol. The van der Waals surface area contributed by atoms with Crippen molar-refractivity contribution in [2.24, 2.45) is 0 Å². The number of benzene rings is 5. The summed E-state index contributed by atoms with van der Waals surface area (Å²) in [7, 11) is 0. The minimum atomic E-state index is 0.0637. The molecule has 0 amide bonds. The molecule has 226 valence electrons. The number of para-hydroxylation sites is 2. The van der Waals surface area contributed by atoms with E-state index in [9.17, 15) is 0 Å². The zero-order valence-electron chi connectivity index (χ0n) is 27.5. The third-order valence-electron chi connectivity index (χ3n) is 9.49. The van der Waals surface area contributed by atoms with Gasteiger partial charge in [0.2, 0.25) is 0 Å². The van der Waals surface area contributed by atoms with Gasteiger partial charge < -0.3 is 9.13 Å². The fraction of sp³-hybridized carbons (Fsp3) is 0.186. The number of hydrogen-bond acceptors (Lipinski definition) is 1. The van der Waals surface area contributed by atoms with E-state index in [1.165, 1.54) is 54.7 Å². The summed E-state index contributed by atoms with van der Waals surface area (Å²) in [5.41, 5.74) is 12.1. The van der Waals surface area contributed by atoms with E-state index in [0.29, 0.717) is 0 Å². The Hall–Kier alpha value is -5.15. The molecule has 0 unspecified atom stereocenters. The standard InChI is InChI=1S/C43H39N3/c1-42(2,3)30-17-19-40-36(24-30)34-13-7-9-15-38(34)45(40)32-22-29(28-12-11-21-44-27-28)23-33(26-32)46-39-16-10-8-14-35(39)37-25-31(43(4,5)6)18-20-41(37)46/h7-27H,1-6H3. The van der Waals surface area contributed by atoms with E-state index in [-0.39, 0.29) is 10.8 Å². The van der Waals surface area contributed by atoms with Gasteiger partial charge in [0.25, 0.3) is 0 Å². The van der Waals surface area contributed by atoms with Crippen LogP contribution in [0.4, 0.5) is 0 Å². The number of aromatic nitrogens is 3. The molecule has 8 rings (SSSR count). The molecule has 0 atom stereocenters. The van der Waals surface area contributed by atoms with Crippen LogP contribution in [0.3, 0.4) is 0 Å². The number of hydrogen-bond donors (Lipinski definition) is 0. The van der Waals surface area contributed by atoms with Gasteiger partial charge in [0.05, 0.1) is 22.1 Å². The highest BCUT2D eigenvalue weighted by atomic mass is 15.0. The lowest BCUT2D eigenvalue weighted by molar-refractivity contribution is 0.591. The summed E-state index contributed by atoms with van der Waals surface area (Å²) in [6.45, 7) is 13.7. The normalized spacial score (nSPS) is 12.6. The first kappa shape index (κ1) is 28.3. The molecule has 0 aliphatic heterocycles. The van der Waals surface area contributed by atoms with E-state index in [0.717, 1.165) is 22.5 Å².